The van der Waals surface area contributed by atoms with Gasteiger partial charge in [-0.1, -0.05) is 6.07 Å². The van der Waals surface area contributed by atoms with E-state index in [0.29, 0.717) is 18.1 Å². The number of benzene rings is 1. The first-order valence-electron chi connectivity index (χ1n) is 6.97. The third kappa shape index (κ3) is 3.54. The van der Waals surface area contributed by atoms with E-state index in [-0.39, 0.29) is 5.69 Å². The van der Waals surface area contributed by atoms with E-state index < -0.39 is 23.2 Å². The molecule has 2 aromatic heterocycles. The van der Waals surface area contributed by atoms with E-state index in [2.05, 4.69) is 20.6 Å². The Bertz CT molecular complexity index is 833. The number of rotatable bonds is 5. The van der Waals surface area contributed by atoms with Crippen molar-refractivity contribution >= 4 is 17.4 Å². The summed E-state index contributed by atoms with van der Waals surface area (Å²) < 4.78 is 32.3. The summed E-state index contributed by atoms with van der Waals surface area (Å²) in [5.41, 5.74) is -0.555. The van der Waals surface area contributed by atoms with Crippen LogP contribution in [0.5, 0.6) is 0 Å². The van der Waals surface area contributed by atoms with Gasteiger partial charge in [0, 0.05) is 6.07 Å². The van der Waals surface area contributed by atoms with Crippen LogP contribution in [-0.4, -0.2) is 15.9 Å². The molecule has 8 heteroatoms. The molecule has 1 amide bonds. The predicted molar refractivity (Wildman–Crippen MR) is 82.4 cm³/mol. The van der Waals surface area contributed by atoms with E-state index in [4.69, 9.17) is 4.42 Å². The molecule has 0 saturated carbocycles. The molecule has 122 valence electrons. The summed E-state index contributed by atoms with van der Waals surface area (Å²) in [6, 6.07) is 8.21. The fraction of sp³-hybridized carbons (Fsp3) is 0.0625. The number of para-hydroxylation sites is 1. The Labute approximate surface area is 135 Å². The minimum atomic E-state index is -0.867. The summed E-state index contributed by atoms with van der Waals surface area (Å²) >= 11 is 0. The molecule has 0 aliphatic heterocycles. The average Bonchev–Trinajstić information content (AvgIpc) is 3.10. The topological polar surface area (TPSA) is 80.0 Å². The Morgan fingerprint density at radius 3 is 2.62 bits per heavy atom. The molecule has 24 heavy (non-hydrogen) atoms. The van der Waals surface area contributed by atoms with E-state index >= 15 is 0 Å². The minimum absolute atomic E-state index is 0.0328. The van der Waals surface area contributed by atoms with E-state index in [9.17, 15) is 13.6 Å². The SMILES string of the molecule is O=C(Nc1c(F)cccc1F)c1cc(NCc2ccco2)ncn1. The molecule has 0 aliphatic carbocycles. The van der Waals surface area contributed by atoms with Gasteiger partial charge in [0.2, 0.25) is 0 Å². The van der Waals surface area contributed by atoms with Crippen LogP contribution in [0.3, 0.4) is 0 Å². The van der Waals surface area contributed by atoms with Crippen LogP contribution in [0.2, 0.25) is 0 Å². The number of amides is 1. The number of furan rings is 1. The maximum absolute atomic E-state index is 13.6. The minimum Gasteiger partial charge on any atom is -0.467 e. The standard InChI is InChI=1S/C16H12F2N4O2/c17-11-4-1-5-12(18)15(11)22-16(23)13-7-14(21-9-20-13)19-8-10-3-2-6-24-10/h1-7,9H,8H2,(H,22,23)(H,19,20,21). The van der Waals surface area contributed by atoms with E-state index in [0.717, 1.165) is 12.1 Å². The summed E-state index contributed by atoms with van der Waals surface area (Å²) in [5, 5.41) is 5.12. The highest BCUT2D eigenvalue weighted by molar-refractivity contribution is 6.03. The largest absolute Gasteiger partial charge is 0.467 e. The van der Waals surface area contributed by atoms with Crippen molar-refractivity contribution < 1.29 is 18.0 Å². The monoisotopic (exact) mass is 330 g/mol. The van der Waals surface area contributed by atoms with Gasteiger partial charge in [-0.05, 0) is 24.3 Å². The fourth-order valence-electron chi connectivity index (χ4n) is 1.96. The number of nitrogens with zero attached hydrogens (tertiary/aromatic N) is 2. The van der Waals surface area contributed by atoms with Gasteiger partial charge in [0.25, 0.3) is 5.91 Å². The highest BCUT2D eigenvalue weighted by atomic mass is 19.1. The zero-order valence-electron chi connectivity index (χ0n) is 12.3. The number of hydrogen-bond donors (Lipinski definition) is 2. The van der Waals surface area contributed by atoms with Crippen LogP contribution in [0.4, 0.5) is 20.3 Å². The molecule has 0 atom stereocenters. The van der Waals surface area contributed by atoms with Crippen molar-refractivity contribution in [2.75, 3.05) is 10.6 Å². The van der Waals surface area contributed by atoms with Crippen LogP contribution in [-0.2, 0) is 6.54 Å². The molecule has 0 bridgehead atoms. The van der Waals surface area contributed by atoms with Crippen LogP contribution in [0.15, 0.2) is 53.4 Å². The number of hydrogen-bond acceptors (Lipinski definition) is 5. The number of nitrogens with one attached hydrogen (secondary N) is 2. The van der Waals surface area contributed by atoms with Gasteiger partial charge in [0.05, 0.1) is 12.8 Å². The number of anilines is 2. The molecule has 0 unspecified atom stereocenters. The van der Waals surface area contributed by atoms with Crippen LogP contribution in [0.25, 0.3) is 0 Å². The highest BCUT2D eigenvalue weighted by Gasteiger charge is 2.15. The molecule has 0 aliphatic rings. The molecular weight excluding hydrogens is 318 g/mol. The summed E-state index contributed by atoms with van der Waals surface area (Å²) in [6.07, 6.45) is 2.72. The average molecular weight is 330 g/mol. The van der Waals surface area contributed by atoms with Crippen molar-refractivity contribution in [2.45, 2.75) is 6.54 Å². The number of carbonyl (C=O) groups is 1. The second kappa shape index (κ2) is 6.86. The molecule has 2 heterocycles. The summed E-state index contributed by atoms with van der Waals surface area (Å²) in [7, 11) is 0. The van der Waals surface area contributed by atoms with Crippen LogP contribution in [0, 0.1) is 11.6 Å². The van der Waals surface area contributed by atoms with Gasteiger partial charge in [-0.25, -0.2) is 18.7 Å². The lowest BCUT2D eigenvalue weighted by molar-refractivity contribution is 0.102. The maximum atomic E-state index is 13.6. The Morgan fingerprint density at radius 1 is 1.12 bits per heavy atom. The Morgan fingerprint density at radius 2 is 1.92 bits per heavy atom. The summed E-state index contributed by atoms with van der Waals surface area (Å²) in [5.74, 6) is -1.42. The smallest absolute Gasteiger partial charge is 0.274 e. The lowest BCUT2D eigenvalue weighted by atomic mass is 10.2. The fourth-order valence-corrected chi connectivity index (χ4v) is 1.96. The van der Waals surface area contributed by atoms with Crippen molar-refractivity contribution in [3.63, 3.8) is 0 Å². The third-order valence-corrected chi connectivity index (χ3v) is 3.12. The second-order valence-electron chi connectivity index (χ2n) is 4.77. The molecule has 3 rings (SSSR count). The van der Waals surface area contributed by atoms with Gasteiger partial charge < -0.3 is 15.1 Å². The van der Waals surface area contributed by atoms with Gasteiger partial charge in [0.1, 0.15) is 40.9 Å². The van der Waals surface area contributed by atoms with Gasteiger partial charge in [0.15, 0.2) is 0 Å². The predicted octanol–water partition coefficient (Wildman–Crippen LogP) is 3.21. The molecule has 0 saturated heterocycles. The van der Waals surface area contributed by atoms with E-state index in [1.54, 1.807) is 18.4 Å². The van der Waals surface area contributed by atoms with E-state index in [1.807, 2.05) is 0 Å². The molecular formula is C16H12F2N4O2. The Kier molecular flexibility index (Phi) is 4.46. The third-order valence-electron chi connectivity index (χ3n) is 3.12. The van der Waals surface area contributed by atoms with Gasteiger partial charge in [-0.2, -0.15) is 0 Å². The first-order chi connectivity index (χ1) is 11.6. The number of carbonyl (C=O) groups excluding carboxylic acids is 1. The van der Waals surface area contributed by atoms with Crippen LogP contribution >= 0.6 is 0 Å². The maximum Gasteiger partial charge on any atom is 0.274 e. The van der Waals surface area contributed by atoms with Crippen molar-refractivity contribution in [3.05, 3.63) is 72.1 Å². The highest BCUT2D eigenvalue weighted by Crippen LogP contribution is 2.19. The summed E-state index contributed by atoms with van der Waals surface area (Å²) in [4.78, 5) is 19.9. The molecule has 0 radical (unpaired) electrons. The molecule has 1 aromatic carbocycles. The lowest BCUT2D eigenvalue weighted by Crippen LogP contribution is -2.16. The Hall–Kier alpha value is -3.29. The van der Waals surface area contributed by atoms with Crippen LogP contribution < -0.4 is 10.6 Å². The molecule has 0 fully saturated rings. The Balaban J connectivity index is 1.72. The quantitative estimate of drug-likeness (QED) is 0.751. The number of aromatic nitrogens is 2. The van der Waals surface area contributed by atoms with Crippen molar-refractivity contribution in [1.29, 1.82) is 0 Å². The summed E-state index contributed by atoms with van der Waals surface area (Å²) in [6.45, 7) is 0.368. The molecule has 3 aromatic rings. The van der Waals surface area contributed by atoms with Crippen molar-refractivity contribution in [1.82, 2.24) is 9.97 Å². The molecule has 6 nitrogen and oxygen atoms in total. The first-order valence-corrected chi connectivity index (χ1v) is 6.97. The zero-order valence-corrected chi connectivity index (χ0v) is 12.3. The van der Waals surface area contributed by atoms with Gasteiger partial charge in [-0.3, -0.25) is 4.79 Å². The van der Waals surface area contributed by atoms with Crippen LogP contribution in [0.1, 0.15) is 16.2 Å². The number of halogens is 2. The second-order valence-corrected chi connectivity index (χ2v) is 4.77. The molecule has 2 N–H and O–H groups in total. The van der Waals surface area contributed by atoms with Crippen molar-refractivity contribution in [3.8, 4) is 0 Å². The van der Waals surface area contributed by atoms with Gasteiger partial charge in [-0.15, -0.1) is 0 Å². The zero-order chi connectivity index (χ0) is 16.9. The normalized spacial score (nSPS) is 10.4. The van der Waals surface area contributed by atoms with Crippen molar-refractivity contribution in [2.24, 2.45) is 0 Å². The van der Waals surface area contributed by atoms with Gasteiger partial charge >= 0.3 is 0 Å². The first kappa shape index (κ1) is 15.6. The molecule has 0 spiro atoms. The van der Waals surface area contributed by atoms with E-state index in [1.165, 1.54) is 18.5 Å². The lowest BCUT2D eigenvalue weighted by Gasteiger charge is -2.08.